The lowest BCUT2D eigenvalue weighted by atomic mass is 9.60. The van der Waals surface area contributed by atoms with Gasteiger partial charge in [0.2, 0.25) is 0 Å². The Balaban J connectivity index is 1.45. The molecule has 2 fully saturated rings. The number of halogens is 1. The highest BCUT2D eigenvalue weighted by Gasteiger charge is 2.76. The van der Waals surface area contributed by atoms with Crippen molar-refractivity contribution in [2.24, 2.45) is 0 Å². The van der Waals surface area contributed by atoms with Gasteiger partial charge >= 0.3 is 5.79 Å². The number of rotatable bonds is 6. The van der Waals surface area contributed by atoms with Crippen molar-refractivity contribution in [1.29, 1.82) is 0 Å². The number of hydrogen-bond acceptors (Lipinski definition) is 11. The number of ether oxygens (including phenoxy) is 2. The molecule has 3 aliphatic heterocycles. The van der Waals surface area contributed by atoms with Crippen molar-refractivity contribution in [2.45, 2.75) is 35.8 Å². The summed E-state index contributed by atoms with van der Waals surface area (Å²) in [5.41, 5.74) is -2.66. The third-order valence-electron chi connectivity index (χ3n) is 7.70. The van der Waals surface area contributed by atoms with Gasteiger partial charge in [-0.3, -0.25) is 29.5 Å². The summed E-state index contributed by atoms with van der Waals surface area (Å²) in [5.74, 6) is -13.5. The van der Waals surface area contributed by atoms with Crippen molar-refractivity contribution in [3.05, 3.63) is 64.5 Å². The van der Waals surface area contributed by atoms with Gasteiger partial charge in [-0.2, -0.15) is 0 Å². The third-order valence-corrected chi connectivity index (χ3v) is 7.70. The van der Waals surface area contributed by atoms with Crippen LogP contribution in [-0.4, -0.2) is 112 Å². The number of carbonyl (C=O) groups excluding carboxylic acids is 3. The Labute approximate surface area is 234 Å². The molecule has 5 rings (SSSR count). The second kappa shape index (κ2) is 9.87. The van der Waals surface area contributed by atoms with Gasteiger partial charge in [-0.05, 0) is 29.8 Å². The van der Waals surface area contributed by atoms with E-state index >= 15 is 4.39 Å². The van der Waals surface area contributed by atoms with Gasteiger partial charge in [0.1, 0.15) is 11.6 Å². The first-order valence-electron chi connectivity index (χ1n) is 12.8. The number of fused-ring (bicyclic) bond motifs is 1. The molecule has 0 spiro atoms. The smallest absolute Gasteiger partial charge is 0.306 e. The summed E-state index contributed by atoms with van der Waals surface area (Å²) in [6.45, 7) is 2.59. The maximum absolute atomic E-state index is 15.1. The first-order chi connectivity index (χ1) is 19.1. The first kappa shape index (κ1) is 29.1. The molecule has 0 bridgehead atoms. The zero-order chi connectivity index (χ0) is 30.0. The highest BCUT2D eigenvalue weighted by Crippen LogP contribution is 2.43. The maximum atomic E-state index is 15.1. The van der Waals surface area contributed by atoms with Crippen molar-refractivity contribution in [3.63, 3.8) is 0 Å². The number of imide groups is 1. The minimum Gasteiger partial charge on any atom is -0.501 e. The van der Waals surface area contributed by atoms with Crippen LogP contribution in [0.5, 0.6) is 5.75 Å². The van der Waals surface area contributed by atoms with Gasteiger partial charge in [-0.15, -0.1) is 0 Å². The number of aliphatic hydroxyl groups is 5. The van der Waals surface area contributed by atoms with Crippen LogP contribution in [0.25, 0.3) is 0 Å². The zero-order valence-corrected chi connectivity index (χ0v) is 22.3. The van der Waals surface area contributed by atoms with E-state index in [1.54, 1.807) is 27.8 Å². The van der Waals surface area contributed by atoms with Crippen LogP contribution in [0, 0.1) is 5.82 Å². The summed E-state index contributed by atoms with van der Waals surface area (Å²) in [7, 11) is 3.23. The van der Waals surface area contributed by atoms with Gasteiger partial charge in [0.15, 0.2) is 15.7 Å². The van der Waals surface area contributed by atoms with Gasteiger partial charge < -0.3 is 35.0 Å². The maximum Gasteiger partial charge on any atom is 0.306 e. The van der Waals surface area contributed by atoms with Crippen LogP contribution in [0.1, 0.15) is 27.0 Å². The van der Waals surface area contributed by atoms with Crippen molar-refractivity contribution in [3.8, 4) is 5.75 Å². The Kier molecular flexibility index (Phi) is 7.02. The van der Waals surface area contributed by atoms with Crippen LogP contribution in [0.15, 0.2) is 36.4 Å². The highest BCUT2D eigenvalue weighted by molar-refractivity contribution is 6.39. The third kappa shape index (κ3) is 4.52. The molecular weight excluding hydrogens is 543 g/mol. The van der Waals surface area contributed by atoms with E-state index in [9.17, 15) is 39.9 Å². The Morgan fingerprint density at radius 2 is 1.71 bits per heavy atom. The fourth-order valence-corrected chi connectivity index (χ4v) is 5.29. The molecule has 0 saturated carbocycles. The van der Waals surface area contributed by atoms with E-state index in [1.807, 2.05) is 0 Å². The molecule has 1 unspecified atom stereocenters. The van der Waals surface area contributed by atoms with Gasteiger partial charge in [-0.25, -0.2) is 4.39 Å². The molecule has 3 heterocycles. The molecule has 3 amide bonds. The van der Waals surface area contributed by atoms with Crippen LogP contribution in [-0.2, 0) is 32.8 Å². The molecular formula is C25H28B2FN3O10. The highest BCUT2D eigenvalue weighted by atomic mass is 19.1. The number of morpholine rings is 1. The Hall–Kier alpha value is -3.37. The number of benzene rings is 2. The predicted octanol–water partition coefficient (Wildman–Crippen LogP) is -4.22. The van der Waals surface area contributed by atoms with E-state index in [4.69, 9.17) is 9.47 Å². The molecule has 16 heteroatoms. The number of amides is 3. The molecule has 2 aromatic rings. The summed E-state index contributed by atoms with van der Waals surface area (Å²) in [6, 6.07) is 8.92. The van der Waals surface area contributed by atoms with Gasteiger partial charge in [0, 0.05) is 36.3 Å². The van der Waals surface area contributed by atoms with Gasteiger partial charge in [0.05, 0.1) is 25.2 Å². The van der Waals surface area contributed by atoms with E-state index in [0.717, 1.165) is 18.7 Å². The lowest BCUT2D eigenvalue weighted by Gasteiger charge is -2.50. The van der Waals surface area contributed by atoms with Crippen molar-refractivity contribution >= 4 is 33.4 Å². The minimum absolute atomic E-state index is 0.0537. The average molecular weight is 571 g/mol. The molecule has 0 aromatic heterocycles. The second-order valence-electron chi connectivity index (χ2n) is 10.8. The van der Waals surface area contributed by atoms with Crippen LogP contribution in [0.2, 0.25) is 0 Å². The molecule has 1 atom stereocenters. The standard InChI is InChI=1S/C25H28B2FN3O10/c26-24(27,16-10-13(4-5-17(16)28)11-30-6-8-40-9-7-30)41-18-3-1-2-14-15(18)12-31(19(14)32)22(35)20(33)29-21(34)23(36,37)25(22,38)39/h1-5,10,35-39H,6-9,11-12,26-27H2,(H,29,33,34). The average Bonchev–Trinajstić information content (AvgIpc) is 3.26. The lowest BCUT2D eigenvalue weighted by molar-refractivity contribution is -0.407. The van der Waals surface area contributed by atoms with Crippen molar-refractivity contribution in [1.82, 2.24) is 15.1 Å². The molecule has 13 nitrogen and oxygen atoms in total. The normalized spacial score (nSPS) is 24.2. The molecule has 0 aliphatic carbocycles. The second-order valence-corrected chi connectivity index (χ2v) is 10.8. The first-order valence-corrected chi connectivity index (χ1v) is 12.8. The summed E-state index contributed by atoms with van der Waals surface area (Å²) in [6.07, 6.45) is 0. The Bertz CT molecular complexity index is 1430. The Morgan fingerprint density at radius 1 is 1.02 bits per heavy atom. The van der Waals surface area contributed by atoms with Crippen LogP contribution >= 0.6 is 0 Å². The quantitative estimate of drug-likeness (QED) is 0.112. The fourth-order valence-electron chi connectivity index (χ4n) is 5.29. The number of hydrogen-bond donors (Lipinski definition) is 6. The van der Waals surface area contributed by atoms with E-state index in [1.165, 1.54) is 29.6 Å². The fraction of sp³-hybridized carbons (Fsp3) is 0.400. The largest absolute Gasteiger partial charge is 0.501 e. The van der Waals surface area contributed by atoms with E-state index in [0.29, 0.717) is 19.8 Å². The van der Waals surface area contributed by atoms with Crippen LogP contribution < -0.4 is 10.1 Å². The summed E-state index contributed by atoms with van der Waals surface area (Å²) < 4.78 is 26.7. The van der Waals surface area contributed by atoms with Crippen molar-refractivity contribution < 1.29 is 53.8 Å². The SMILES string of the molecule is BC(B)(Oc1cccc2c1CN(C1(O)C(=O)NC(=O)C(O)(O)C1(O)O)C2=O)c1cc(CN2CCOCC2)ccc1F. The molecule has 2 saturated heterocycles. The van der Waals surface area contributed by atoms with E-state index < -0.39 is 52.8 Å². The van der Waals surface area contributed by atoms with Gasteiger partial charge in [-0.1, -0.05) is 12.1 Å². The van der Waals surface area contributed by atoms with E-state index in [2.05, 4.69) is 4.90 Å². The molecule has 0 radical (unpaired) electrons. The predicted molar refractivity (Wildman–Crippen MR) is 141 cm³/mol. The zero-order valence-electron chi connectivity index (χ0n) is 22.3. The van der Waals surface area contributed by atoms with Crippen LogP contribution in [0.4, 0.5) is 4.39 Å². The topological polar surface area (TPSA) is 189 Å². The molecule has 216 valence electrons. The molecule has 6 N–H and O–H groups in total. The molecule has 41 heavy (non-hydrogen) atoms. The summed E-state index contributed by atoms with van der Waals surface area (Å²) in [4.78, 5) is 40.2. The lowest BCUT2D eigenvalue weighted by Crippen LogP contribution is -2.85. The monoisotopic (exact) mass is 571 g/mol. The van der Waals surface area contributed by atoms with Gasteiger partial charge in [0.25, 0.3) is 29.2 Å². The number of carbonyl (C=O) groups is 3. The molecule has 2 aromatic carbocycles. The number of piperidine rings is 1. The number of nitrogens with one attached hydrogen (secondary N) is 1. The minimum atomic E-state index is -4.22. The van der Waals surface area contributed by atoms with E-state index in [-0.39, 0.29) is 27.3 Å². The Morgan fingerprint density at radius 3 is 2.39 bits per heavy atom. The number of nitrogens with zero attached hydrogens (tertiary/aromatic N) is 2. The molecule has 3 aliphatic rings. The van der Waals surface area contributed by atoms with Crippen LogP contribution in [0.3, 0.4) is 0 Å². The summed E-state index contributed by atoms with van der Waals surface area (Å²) >= 11 is 0. The summed E-state index contributed by atoms with van der Waals surface area (Å²) in [5, 5.41) is 52.1. The van der Waals surface area contributed by atoms with Crippen molar-refractivity contribution in [2.75, 3.05) is 26.3 Å².